The van der Waals surface area contributed by atoms with Gasteiger partial charge in [0, 0.05) is 17.8 Å². The molecule has 130 valence electrons. The SMILES string of the molecule is C=CCNC(=O)CNc1ccc(C(=O)NC(C)c2ccccc2)cc1. The van der Waals surface area contributed by atoms with E-state index in [9.17, 15) is 9.59 Å². The quantitative estimate of drug-likeness (QED) is 0.649. The molecule has 5 heteroatoms. The lowest BCUT2D eigenvalue weighted by Crippen LogP contribution is -2.29. The van der Waals surface area contributed by atoms with Crippen molar-refractivity contribution in [1.82, 2.24) is 10.6 Å². The molecule has 0 aliphatic heterocycles. The van der Waals surface area contributed by atoms with E-state index >= 15 is 0 Å². The average Bonchev–Trinajstić information content (AvgIpc) is 2.65. The molecule has 0 heterocycles. The molecule has 2 rings (SSSR count). The van der Waals surface area contributed by atoms with Crippen LogP contribution in [-0.2, 0) is 4.79 Å². The number of rotatable bonds is 8. The zero-order chi connectivity index (χ0) is 18.1. The monoisotopic (exact) mass is 337 g/mol. The first-order valence-corrected chi connectivity index (χ1v) is 8.17. The third-order valence-corrected chi connectivity index (χ3v) is 3.69. The average molecular weight is 337 g/mol. The van der Waals surface area contributed by atoms with Crippen molar-refractivity contribution in [2.24, 2.45) is 0 Å². The second kappa shape index (κ2) is 9.27. The molecule has 0 aliphatic carbocycles. The fourth-order valence-electron chi connectivity index (χ4n) is 2.28. The molecule has 0 radical (unpaired) electrons. The van der Waals surface area contributed by atoms with Crippen LogP contribution in [0.3, 0.4) is 0 Å². The summed E-state index contributed by atoms with van der Waals surface area (Å²) >= 11 is 0. The first kappa shape index (κ1) is 18.3. The summed E-state index contributed by atoms with van der Waals surface area (Å²) in [4.78, 5) is 23.8. The Kier molecular flexibility index (Phi) is 6.77. The smallest absolute Gasteiger partial charge is 0.251 e. The summed E-state index contributed by atoms with van der Waals surface area (Å²) in [6.07, 6.45) is 1.63. The van der Waals surface area contributed by atoms with Crippen LogP contribution in [-0.4, -0.2) is 24.9 Å². The van der Waals surface area contributed by atoms with Crippen molar-refractivity contribution in [1.29, 1.82) is 0 Å². The van der Waals surface area contributed by atoms with Gasteiger partial charge in [0.05, 0.1) is 12.6 Å². The Balaban J connectivity index is 1.87. The molecule has 0 saturated carbocycles. The van der Waals surface area contributed by atoms with Crippen molar-refractivity contribution < 1.29 is 9.59 Å². The summed E-state index contributed by atoms with van der Waals surface area (Å²) in [7, 11) is 0. The predicted molar refractivity (Wildman–Crippen MR) is 100 cm³/mol. The Morgan fingerprint density at radius 2 is 1.76 bits per heavy atom. The summed E-state index contributed by atoms with van der Waals surface area (Å²) in [6.45, 7) is 6.11. The molecule has 0 saturated heterocycles. The van der Waals surface area contributed by atoms with E-state index in [1.54, 1.807) is 30.3 Å². The van der Waals surface area contributed by atoms with E-state index in [0.717, 1.165) is 11.3 Å². The minimum absolute atomic E-state index is 0.0694. The van der Waals surface area contributed by atoms with E-state index < -0.39 is 0 Å². The zero-order valence-electron chi connectivity index (χ0n) is 14.3. The van der Waals surface area contributed by atoms with E-state index in [1.165, 1.54) is 0 Å². The summed E-state index contributed by atoms with van der Waals surface area (Å²) in [5, 5.41) is 8.67. The van der Waals surface area contributed by atoms with Crippen LogP contribution in [0.1, 0.15) is 28.9 Å². The third kappa shape index (κ3) is 5.80. The molecule has 25 heavy (non-hydrogen) atoms. The van der Waals surface area contributed by atoms with Gasteiger partial charge >= 0.3 is 0 Å². The number of nitrogens with one attached hydrogen (secondary N) is 3. The second-order valence-corrected chi connectivity index (χ2v) is 5.63. The molecule has 2 aromatic carbocycles. The van der Waals surface area contributed by atoms with Crippen LogP contribution in [0.5, 0.6) is 0 Å². The second-order valence-electron chi connectivity index (χ2n) is 5.63. The van der Waals surface area contributed by atoms with Crippen LogP contribution in [0.15, 0.2) is 67.3 Å². The molecule has 2 amide bonds. The highest BCUT2D eigenvalue weighted by Crippen LogP contribution is 2.14. The van der Waals surface area contributed by atoms with E-state index in [4.69, 9.17) is 0 Å². The van der Waals surface area contributed by atoms with Crippen molar-refractivity contribution in [3.8, 4) is 0 Å². The maximum Gasteiger partial charge on any atom is 0.251 e. The van der Waals surface area contributed by atoms with Crippen LogP contribution >= 0.6 is 0 Å². The molecule has 0 spiro atoms. The summed E-state index contributed by atoms with van der Waals surface area (Å²) in [5.41, 5.74) is 2.41. The number of carbonyl (C=O) groups excluding carboxylic acids is 2. The van der Waals surface area contributed by atoms with E-state index in [0.29, 0.717) is 12.1 Å². The van der Waals surface area contributed by atoms with Gasteiger partial charge < -0.3 is 16.0 Å². The van der Waals surface area contributed by atoms with Crippen LogP contribution in [0.2, 0.25) is 0 Å². The fourth-order valence-corrected chi connectivity index (χ4v) is 2.28. The van der Waals surface area contributed by atoms with Crippen molar-refractivity contribution >= 4 is 17.5 Å². The topological polar surface area (TPSA) is 70.2 Å². The normalized spacial score (nSPS) is 11.2. The van der Waals surface area contributed by atoms with Gasteiger partial charge in [-0.05, 0) is 36.8 Å². The predicted octanol–water partition coefficient (Wildman–Crippen LogP) is 2.89. The van der Waals surface area contributed by atoms with Crippen LogP contribution in [0.25, 0.3) is 0 Å². The highest BCUT2D eigenvalue weighted by atomic mass is 16.2. The molecule has 0 bridgehead atoms. The Morgan fingerprint density at radius 1 is 1.08 bits per heavy atom. The summed E-state index contributed by atoms with van der Waals surface area (Å²) < 4.78 is 0. The third-order valence-electron chi connectivity index (χ3n) is 3.69. The van der Waals surface area contributed by atoms with Crippen molar-refractivity contribution in [3.63, 3.8) is 0 Å². The standard InChI is InChI=1S/C20H23N3O2/c1-3-13-21-19(24)14-22-18-11-9-17(10-12-18)20(25)23-15(2)16-7-5-4-6-8-16/h3-12,15,22H,1,13-14H2,2H3,(H,21,24)(H,23,25). The van der Waals surface area contributed by atoms with E-state index in [1.807, 2.05) is 37.3 Å². The Morgan fingerprint density at radius 3 is 2.40 bits per heavy atom. The zero-order valence-corrected chi connectivity index (χ0v) is 14.3. The molecular formula is C20H23N3O2. The van der Waals surface area contributed by atoms with E-state index in [2.05, 4.69) is 22.5 Å². The van der Waals surface area contributed by atoms with Gasteiger partial charge in [0.1, 0.15) is 0 Å². The lowest BCUT2D eigenvalue weighted by Gasteiger charge is -2.14. The minimum atomic E-state index is -0.133. The molecule has 0 aromatic heterocycles. The van der Waals surface area contributed by atoms with Crippen LogP contribution in [0.4, 0.5) is 5.69 Å². The van der Waals surface area contributed by atoms with Crippen molar-refractivity contribution in [2.75, 3.05) is 18.4 Å². The largest absolute Gasteiger partial charge is 0.376 e. The fraction of sp³-hybridized carbons (Fsp3) is 0.200. The van der Waals surface area contributed by atoms with Gasteiger partial charge in [-0.15, -0.1) is 6.58 Å². The number of benzene rings is 2. The number of anilines is 1. The molecule has 1 atom stereocenters. The van der Waals surface area contributed by atoms with Gasteiger partial charge in [-0.3, -0.25) is 9.59 Å². The molecule has 0 aliphatic rings. The molecule has 0 fully saturated rings. The molecule has 2 aromatic rings. The minimum Gasteiger partial charge on any atom is -0.376 e. The van der Waals surface area contributed by atoms with Gasteiger partial charge in [0.15, 0.2) is 0 Å². The Labute approximate surface area is 148 Å². The highest BCUT2D eigenvalue weighted by Gasteiger charge is 2.11. The molecule has 3 N–H and O–H groups in total. The Bertz CT molecular complexity index is 711. The lowest BCUT2D eigenvalue weighted by molar-refractivity contribution is -0.119. The Hall–Kier alpha value is -3.08. The van der Waals surface area contributed by atoms with Gasteiger partial charge in [-0.25, -0.2) is 0 Å². The molecule has 1 unspecified atom stereocenters. The first-order chi connectivity index (χ1) is 12.1. The highest BCUT2D eigenvalue weighted by molar-refractivity contribution is 5.94. The van der Waals surface area contributed by atoms with E-state index in [-0.39, 0.29) is 24.4 Å². The maximum atomic E-state index is 12.3. The lowest BCUT2D eigenvalue weighted by atomic mass is 10.1. The van der Waals surface area contributed by atoms with Crippen molar-refractivity contribution in [3.05, 3.63) is 78.4 Å². The summed E-state index contributed by atoms with van der Waals surface area (Å²) in [6, 6.07) is 16.8. The van der Waals surface area contributed by atoms with Crippen LogP contribution in [0, 0.1) is 0 Å². The molecule has 5 nitrogen and oxygen atoms in total. The summed E-state index contributed by atoms with van der Waals surface area (Å²) in [5.74, 6) is -0.245. The number of hydrogen-bond acceptors (Lipinski definition) is 3. The number of carbonyl (C=O) groups is 2. The van der Waals surface area contributed by atoms with Gasteiger partial charge in [0.25, 0.3) is 5.91 Å². The van der Waals surface area contributed by atoms with Crippen LogP contribution < -0.4 is 16.0 Å². The van der Waals surface area contributed by atoms with Gasteiger partial charge in [-0.2, -0.15) is 0 Å². The van der Waals surface area contributed by atoms with Gasteiger partial charge in [-0.1, -0.05) is 36.4 Å². The maximum absolute atomic E-state index is 12.3. The first-order valence-electron chi connectivity index (χ1n) is 8.17. The van der Waals surface area contributed by atoms with Gasteiger partial charge in [0.2, 0.25) is 5.91 Å². The molecular weight excluding hydrogens is 314 g/mol. The number of hydrogen-bond donors (Lipinski definition) is 3. The van der Waals surface area contributed by atoms with Crippen molar-refractivity contribution in [2.45, 2.75) is 13.0 Å². The number of amides is 2.